The Morgan fingerprint density at radius 1 is 1.18 bits per heavy atom. The predicted octanol–water partition coefficient (Wildman–Crippen LogP) is 2.82. The van der Waals surface area contributed by atoms with Crippen LogP contribution in [-0.2, 0) is 18.3 Å². The fraction of sp³-hybridized carbons (Fsp3) is 0.476. The summed E-state index contributed by atoms with van der Waals surface area (Å²) in [5.74, 6) is -0.0691. The number of rotatable bonds is 5. The number of carbonyl (C=O) groups excluding carboxylic acids is 2. The van der Waals surface area contributed by atoms with Crippen LogP contribution < -0.4 is 5.32 Å². The van der Waals surface area contributed by atoms with Crippen molar-refractivity contribution >= 4 is 23.4 Å². The molecule has 2 heterocycles. The number of benzene rings is 1. The third-order valence-electron chi connectivity index (χ3n) is 5.83. The van der Waals surface area contributed by atoms with Crippen molar-refractivity contribution in [3.8, 4) is 0 Å². The van der Waals surface area contributed by atoms with Crippen LogP contribution in [0.5, 0.6) is 0 Å². The number of likely N-dealkylation sites (tertiary alicyclic amines) is 1. The summed E-state index contributed by atoms with van der Waals surface area (Å²) in [7, 11) is 1.78. The first-order chi connectivity index (χ1) is 13.4. The molecule has 4 rings (SSSR count). The van der Waals surface area contributed by atoms with E-state index in [1.54, 1.807) is 28.9 Å². The summed E-state index contributed by atoms with van der Waals surface area (Å²) >= 11 is 6.00. The molecule has 2 amide bonds. The van der Waals surface area contributed by atoms with Gasteiger partial charge in [-0.15, -0.1) is 0 Å². The van der Waals surface area contributed by atoms with Crippen LogP contribution in [0.3, 0.4) is 0 Å². The molecule has 0 unspecified atom stereocenters. The van der Waals surface area contributed by atoms with Gasteiger partial charge in [-0.3, -0.25) is 14.3 Å². The molecule has 0 bridgehead atoms. The van der Waals surface area contributed by atoms with Crippen LogP contribution in [0.2, 0.25) is 5.02 Å². The van der Waals surface area contributed by atoms with Gasteiger partial charge in [0.2, 0.25) is 5.91 Å². The van der Waals surface area contributed by atoms with E-state index in [2.05, 4.69) is 10.4 Å². The van der Waals surface area contributed by atoms with Gasteiger partial charge in [0.25, 0.3) is 5.91 Å². The van der Waals surface area contributed by atoms with Crippen molar-refractivity contribution in [2.75, 3.05) is 13.1 Å². The second kappa shape index (κ2) is 7.59. The quantitative estimate of drug-likeness (QED) is 0.839. The maximum absolute atomic E-state index is 13.2. The Morgan fingerprint density at radius 2 is 1.86 bits per heavy atom. The number of aromatic nitrogens is 2. The first-order valence-corrected chi connectivity index (χ1v) is 10.2. The number of nitrogens with zero attached hydrogens (tertiary/aromatic N) is 3. The zero-order valence-electron chi connectivity index (χ0n) is 16.0. The molecule has 2 aliphatic rings. The first-order valence-electron chi connectivity index (χ1n) is 9.80. The lowest BCUT2D eigenvalue weighted by Crippen LogP contribution is -2.66. The van der Waals surface area contributed by atoms with Crippen LogP contribution in [-0.4, -0.2) is 45.6 Å². The summed E-state index contributed by atoms with van der Waals surface area (Å²) in [6.45, 7) is 0.813. The summed E-state index contributed by atoms with van der Waals surface area (Å²) in [4.78, 5) is 27.6. The summed E-state index contributed by atoms with van der Waals surface area (Å²) in [5, 5.41) is 8.10. The third-order valence-corrected chi connectivity index (χ3v) is 6.09. The molecule has 1 N–H and O–H groups in total. The van der Waals surface area contributed by atoms with Gasteiger partial charge < -0.3 is 10.2 Å². The van der Waals surface area contributed by atoms with Crippen molar-refractivity contribution in [3.63, 3.8) is 0 Å². The fourth-order valence-corrected chi connectivity index (χ4v) is 4.38. The Bertz CT molecular complexity index is 865. The van der Waals surface area contributed by atoms with E-state index in [0.717, 1.165) is 18.4 Å². The lowest BCUT2D eigenvalue weighted by Gasteiger charge is -2.49. The zero-order chi connectivity index (χ0) is 19.7. The van der Waals surface area contributed by atoms with Crippen molar-refractivity contribution in [2.45, 2.75) is 38.1 Å². The normalized spacial score (nSPS) is 18.7. The second-order valence-electron chi connectivity index (χ2n) is 8.07. The van der Waals surface area contributed by atoms with E-state index in [9.17, 15) is 9.59 Å². The van der Waals surface area contributed by atoms with Crippen molar-refractivity contribution in [3.05, 3.63) is 52.8 Å². The van der Waals surface area contributed by atoms with Gasteiger partial charge in [0.15, 0.2) is 0 Å². The van der Waals surface area contributed by atoms with Crippen LogP contribution >= 0.6 is 11.6 Å². The van der Waals surface area contributed by atoms with E-state index in [-0.39, 0.29) is 17.9 Å². The Labute approximate surface area is 169 Å². The molecule has 148 valence electrons. The van der Waals surface area contributed by atoms with Crippen LogP contribution in [0.1, 0.15) is 41.7 Å². The molecule has 7 heteroatoms. The minimum atomic E-state index is -0.596. The number of hydrogen-bond donors (Lipinski definition) is 1. The number of hydrogen-bond acceptors (Lipinski definition) is 3. The molecular formula is C21H25ClN4O2. The van der Waals surface area contributed by atoms with Crippen LogP contribution in [0.15, 0.2) is 36.5 Å². The third kappa shape index (κ3) is 3.78. The Balaban J connectivity index is 1.50. The summed E-state index contributed by atoms with van der Waals surface area (Å²) in [5.41, 5.74) is 0.871. The van der Waals surface area contributed by atoms with Gasteiger partial charge in [0, 0.05) is 37.4 Å². The molecular weight excluding hydrogens is 376 g/mol. The van der Waals surface area contributed by atoms with Crippen LogP contribution in [0.4, 0.5) is 0 Å². The molecule has 1 saturated heterocycles. The van der Waals surface area contributed by atoms with E-state index < -0.39 is 5.41 Å². The van der Waals surface area contributed by atoms with Gasteiger partial charge in [-0.05, 0) is 43.0 Å². The molecule has 28 heavy (non-hydrogen) atoms. The van der Waals surface area contributed by atoms with Gasteiger partial charge in [-0.25, -0.2) is 0 Å². The summed E-state index contributed by atoms with van der Waals surface area (Å²) in [6.07, 6.45) is 6.76. The number of nitrogens with one attached hydrogen (secondary N) is 1. The van der Waals surface area contributed by atoms with Gasteiger partial charge in [0.05, 0.1) is 5.41 Å². The van der Waals surface area contributed by atoms with E-state index in [1.807, 2.05) is 24.3 Å². The second-order valence-corrected chi connectivity index (χ2v) is 8.51. The lowest BCUT2D eigenvalue weighted by atomic mass is 9.73. The summed E-state index contributed by atoms with van der Waals surface area (Å²) < 4.78 is 1.61. The van der Waals surface area contributed by atoms with Crippen molar-refractivity contribution in [1.29, 1.82) is 0 Å². The van der Waals surface area contributed by atoms with Crippen LogP contribution in [0.25, 0.3) is 0 Å². The van der Waals surface area contributed by atoms with Crippen molar-refractivity contribution in [1.82, 2.24) is 20.0 Å². The van der Waals surface area contributed by atoms with Gasteiger partial charge >= 0.3 is 0 Å². The molecule has 6 nitrogen and oxygen atoms in total. The highest BCUT2D eigenvalue weighted by Crippen LogP contribution is 2.36. The Hall–Kier alpha value is -2.34. The van der Waals surface area contributed by atoms with E-state index in [0.29, 0.717) is 30.2 Å². The maximum atomic E-state index is 13.2. The molecule has 1 aromatic carbocycles. The molecule has 1 saturated carbocycles. The number of amides is 2. The Kier molecular flexibility index (Phi) is 5.15. The Morgan fingerprint density at radius 3 is 2.46 bits per heavy atom. The molecule has 0 spiro atoms. The molecule has 0 atom stereocenters. The van der Waals surface area contributed by atoms with Gasteiger partial charge in [-0.1, -0.05) is 36.6 Å². The first kappa shape index (κ1) is 19.0. The highest BCUT2D eigenvalue weighted by molar-refractivity contribution is 6.30. The van der Waals surface area contributed by atoms with Gasteiger partial charge in [0.1, 0.15) is 5.69 Å². The van der Waals surface area contributed by atoms with Crippen molar-refractivity contribution in [2.24, 2.45) is 12.5 Å². The van der Waals surface area contributed by atoms with Crippen molar-refractivity contribution < 1.29 is 9.59 Å². The molecule has 0 radical (unpaired) electrons. The maximum Gasteiger partial charge on any atom is 0.274 e. The SMILES string of the molecule is Cn1ccc(C(=O)N2CC(Cc3ccc(Cl)cc3)(C(=O)NC3CCCC3)C2)n1. The van der Waals surface area contributed by atoms with E-state index in [1.165, 1.54) is 12.8 Å². The minimum Gasteiger partial charge on any atom is -0.353 e. The standard InChI is InChI=1S/C21H25ClN4O2/c1-25-11-10-18(24-25)19(27)26-13-21(14-26,12-15-6-8-16(22)9-7-15)20(28)23-17-4-2-3-5-17/h6-11,17H,2-5,12-14H2,1H3,(H,23,28). The largest absolute Gasteiger partial charge is 0.353 e. The highest BCUT2D eigenvalue weighted by atomic mass is 35.5. The average molecular weight is 401 g/mol. The smallest absolute Gasteiger partial charge is 0.274 e. The topological polar surface area (TPSA) is 67.2 Å². The van der Waals surface area contributed by atoms with E-state index in [4.69, 9.17) is 11.6 Å². The molecule has 1 aliphatic heterocycles. The molecule has 2 aromatic rings. The van der Waals surface area contributed by atoms with Gasteiger partial charge in [-0.2, -0.15) is 5.10 Å². The number of aryl methyl sites for hydroxylation is 1. The molecule has 2 fully saturated rings. The van der Waals surface area contributed by atoms with E-state index >= 15 is 0 Å². The number of halogens is 1. The summed E-state index contributed by atoms with van der Waals surface area (Å²) in [6, 6.07) is 9.56. The fourth-order valence-electron chi connectivity index (χ4n) is 4.26. The zero-order valence-corrected chi connectivity index (χ0v) is 16.8. The average Bonchev–Trinajstić information content (AvgIpc) is 3.30. The monoisotopic (exact) mass is 400 g/mol. The lowest BCUT2D eigenvalue weighted by molar-refractivity contribution is -0.140. The highest BCUT2D eigenvalue weighted by Gasteiger charge is 2.51. The minimum absolute atomic E-state index is 0.0550. The molecule has 1 aromatic heterocycles. The van der Waals surface area contributed by atoms with Crippen LogP contribution in [0, 0.1) is 5.41 Å². The predicted molar refractivity (Wildman–Crippen MR) is 107 cm³/mol. The molecule has 1 aliphatic carbocycles. The number of carbonyl (C=O) groups is 2.